The zero-order valence-electron chi connectivity index (χ0n) is 15.7. The lowest BCUT2D eigenvalue weighted by Gasteiger charge is -2.26. The molecule has 1 amide bonds. The van der Waals surface area contributed by atoms with Crippen LogP contribution in [-0.2, 0) is 26.0 Å². The molecule has 0 aromatic heterocycles. The lowest BCUT2D eigenvalue weighted by atomic mass is 10.1. The number of sulfonamides is 1. The Morgan fingerprint density at radius 2 is 1.63 bits per heavy atom. The number of amides is 1. The first-order chi connectivity index (χ1) is 14.1. The van der Waals surface area contributed by atoms with Gasteiger partial charge in [0.15, 0.2) is 0 Å². The van der Waals surface area contributed by atoms with Gasteiger partial charge in [-0.2, -0.15) is 0 Å². The number of nitrogens with one attached hydrogen (secondary N) is 1. The Bertz CT molecular complexity index is 971. The van der Waals surface area contributed by atoms with Crippen LogP contribution in [0.3, 0.4) is 0 Å². The summed E-state index contributed by atoms with van der Waals surface area (Å²) < 4.78 is 72.7. The van der Waals surface area contributed by atoms with E-state index in [-0.39, 0.29) is 22.9 Å². The van der Waals surface area contributed by atoms with Gasteiger partial charge in [-0.15, -0.1) is 13.2 Å². The van der Waals surface area contributed by atoms with Crippen molar-refractivity contribution in [1.82, 2.24) is 4.90 Å². The maximum atomic E-state index is 12.4. The Balaban J connectivity index is 1.61. The van der Waals surface area contributed by atoms with Gasteiger partial charge in [0.1, 0.15) is 5.75 Å². The van der Waals surface area contributed by atoms with Crippen molar-refractivity contribution in [1.29, 1.82) is 0 Å². The number of carbonyl (C=O) groups excluding carboxylic acids is 1. The SMILES string of the molecule is O=C(Cc1ccc(NS(=O)(=O)c2ccc(OC(F)(F)F)cc2)cc1)N1CCOCC1. The first-order valence-electron chi connectivity index (χ1n) is 8.95. The van der Waals surface area contributed by atoms with E-state index < -0.39 is 22.1 Å². The van der Waals surface area contributed by atoms with Gasteiger partial charge in [-0.3, -0.25) is 9.52 Å². The Labute approximate surface area is 171 Å². The predicted molar refractivity (Wildman–Crippen MR) is 101 cm³/mol. The number of carbonyl (C=O) groups is 1. The highest BCUT2D eigenvalue weighted by molar-refractivity contribution is 7.92. The molecule has 1 heterocycles. The van der Waals surface area contributed by atoms with Crippen molar-refractivity contribution in [2.45, 2.75) is 17.7 Å². The van der Waals surface area contributed by atoms with E-state index in [4.69, 9.17) is 4.74 Å². The number of nitrogens with zero attached hydrogens (tertiary/aromatic N) is 1. The van der Waals surface area contributed by atoms with Crippen molar-refractivity contribution < 1.29 is 35.9 Å². The molecule has 3 rings (SSSR count). The standard InChI is InChI=1S/C19H19F3N2O5S/c20-19(21,22)29-16-5-7-17(8-6-16)30(26,27)23-15-3-1-14(2-4-15)13-18(25)24-9-11-28-12-10-24/h1-8,23H,9-13H2. The number of rotatable bonds is 6. The molecule has 30 heavy (non-hydrogen) atoms. The number of hydrogen-bond acceptors (Lipinski definition) is 5. The third kappa shape index (κ3) is 6.10. The molecule has 11 heteroatoms. The Hall–Kier alpha value is -2.79. The minimum atomic E-state index is -4.86. The van der Waals surface area contributed by atoms with Crippen LogP contribution in [0.5, 0.6) is 5.75 Å². The van der Waals surface area contributed by atoms with Gasteiger partial charge in [-0.1, -0.05) is 12.1 Å². The molecule has 0 saturated carbocycles. The molecule has 1 fully saturated rings. The highest BCUT2D eigenvalue weighted by Gasteiger charge is 2.31. The van der Waals surface area contributed by atoms with E-state index in [0.717, 1.165) is 29.8 Å². The van der Waals surface area contributed by atoms with Crippen molar-refractivity contribution in [2.75, 3.05) is 31.0 Å². The maximum Gasteiger partial charge on any atom is 0.573 e. The van der Waals surface area contributed by atoms with Gasteiger partial charge in [0.05, 0.1) is 24.5 Å². The van der Waals surface area contributed by atoms with Crippen molar-refractivity contribution in [3.8, 4) is 5.75 Å². The highest BCUT2D eigenvalue weighted by atomic mass is 32.2. The maximum absolute atomic E-state index is 12.4. The number of benzene rings is 2. The summed E-state index contributed by atoms with van der Waals surface area (Å²) in [6.07, 6.45) is -4.67. The molecule has 7 nitrogen and oxygen atoms in total. The van der Waals surface area contributed by atoms with Crippen LogP contribution >= 0.6 is 0 Å². The second kappa shape index (κ2) is 8.92. The number of ether oxygens (including phenoxy) is 2. The number of halogens is 3. The van der Waals surface area contributed by atoms with Gasteiger partial charge in [-0.25, -0.2) is 8.42 Å². The van der Waals surface area contributed by atoms with Crippen LogP contribution in [0.15, 0.2) is 53.4 Å². The minimum Gasteiger partial charge on any atom is -0.406 e. The third-order valence-corrected chi connectivity index (χ3v) is 5.69. The Morgan fingerprint density at radius 1 is 1.03 bits per heavy atom. The predicted octanol–water partition coefficient (Wildman–Crippen LogP) is 2.79. The van der Waals surface area contributed by atoms with E-state index in [0.29, 0.717) is 26.3 Å². The van der Waals surface area contributed by atoms with Crippen LogP contribution in [0.25, 0.3) is 0 Å². The quantitative estimate of drug-likeness (QED) is 0.741. The minimum absolute atomic E-state index is 0.0344. The average molecular weight is 444 g/mol. The fourth-order valence-electron chi connectivity index (χ4n) is 2.82. The van der Waals surface area contributed by atoms with E-state index in [2.05, 4.69) is 9.46 Å². The number of alkyl halides is 3. The summed E-state index contributed by atoms with van der Waals surface area (Å²) >= 11 is 0. The summed E-state index contributed by atoms with van der Waals surface area (Å²) in [5.41, 5.74) is 0.983. The smallest absolute Gasteiger partial charge is 0.406 e. The highest BCUT2D eigenvalue weighted by Crippen LogP contribution is 2.25. The monoisotopic (exact) mass is 444 g/mol. The number of morpholine rings is 1. The fourth-order valence-corrected chi connectivity index (χ4v) is 3.88. The molecule has 1 aliphatic rings. The normalized spacial score (nSPS) is 15.0. The molecular weight excluding hydrogens is 425 g/mol. The van der Waals surface area contributed by atoms with Crippen molar-refractivity contribution in [3.63, 3.8) is 0 Å². The average Bonchev–Trinajstić information content (AvgIpc) is 2.69. The molecule has 0 atom stereocenters. The summed E-state index contributed by atoms with van der Waals surface area (Å²) in [6, 6.07) is 10.2. The molecular formula is C19H19F3N2O5S. The first kappa shape index (κ1) is 21.9. The second-order valence-electron chi connectivity index (χ2n) is 6.49. The molecule has 0 aliphatic carbocycles. The molecule has 2 aromatic carbocycles. The summed E-state index contributed by atoms with van der Waals surface area (Å²) in [7, 11) is -4.00. The van der Waals surface area contributed by atoms with Crippen molar-refractivity contribution in [3.05, 3.63) is 54.1 Å². The van der Waals surface area contributed by atoms with Gasteiger partial charge < -0.3 is 14.4 Å². The number of hydrogen-bond donors (Lipinski definition) is 1. The Kier molecular flexibility index (Phi) is 6.52. The molecule has 162 valence electrons. The van der Waals surface area contributed by atoms with Crippen LogP contribution in [0, 0.1) is 0 Å². The molecule has 0 unspecified atom stereocenters. The second-order valence-corrected chi connectivity index (χ2v) is 8.17. The zero-order chi connectivity index (χ0) is 21.8. The summed E-state index contributed by atoms with van der Waals surface area (Å²) in [5.74, 6) is -0.552. The first-order valence-corrected chi connectivity index (χ1v) is 10.4. The molecule has 1 N–H and O–H groups in total. The van der Waals surface area contributed by atoms with Crippen molar-refractivity contribution >= 4 is 21.6 Å². The number of anilines is 1. The van der Waals surface area contributed by atoms with Crippen LogP contribution < -0.4 is 9.46 Å². The van der Waals surface area contributed by atoms with E-state index in [9.17, 15) is 26.4 Å². The zero-order valence-corrected chi connectivity index (χ0v) is 16.5. The molecule has 2 aromatic rings. The largest absolute Gasteiger partial charge is 0.573 e. The van der Waals surface area contributed by atoms with Crippen LogP contribution in [0.1, 0.15) is 5.56 Å². The summed E-state index contributed by atoms with van der Waals surface area (Å²) in [4.78, 5) is 13.8. The molecule has 0 bridgehead atoms. The van der Waals surface area contributed by atoms with E-state index >= 15 is 0 Å². The molecule has 0 spiro atoms. The Morgan fingerprint density at radius 3 is 2.20 bits per heavy atom. The lowest BCUT2D eigenvalue weighted by Crippen LogP contribution is -2.41. The van der Waals surface area contributed by atoms with Crippen molar-refractivity contribution in [2.24, 2.45) is 0 Å². The molecule has 1 saturated heterocycles. The van der Waals surface area contributed by atoms with E-state index in [1.165, 1.54) is 12.1 Å². The van der Waals surface area contributed by atoms with Crippen LogP contribution in [0.4, 0.5) is 18.9 Å². The lowest BCUT2D eigenvalue weighted by molar-refractivity contribution is -0.274. The van der Waals surface area contributed by atoms with E-state index in [1.807, 2.05) is 0 Å². The summed E-state index contributed by atoms with van der Waals surface area (Å²) in [6.45, 7) is 2.11. The summed E-state index contributed by atoms with van der Waals surface area (Å²) in [5, 5.41) is 0. The van der Waals surface area contributed by atoms with E-state index in [1.54, 1.807) is 17.0 Å². The molecule has 0 radical (unpaired) electrons. The van der Waals surface area contributed by atoms with Gasteiger partial charge in [0.2, 0.25) is 5.91 Å². The van der Waals surface area contributed by atoms with Gasteiger partial charge >= 0.3 is 6.36 Å². The van der Waals surface area contributed by atoms with Crippen LogP contribution in [-0.4, -0.2) is 51.9 Å². The molecule has 1 aliphatic heterocycles. The fraction of sp³-hybridized carbons (Fsp3) is 0.316. The van der Waals surface area contributed by atoms with Gasteiger partial charge in [0, 0.05) is 18.8 Å². The third-order valence-electron chi connectivity index (χ3n) is 4.29. The van der Waals surface area contributed by atoms with Crippen LogP contribution in [0.2, 0.25) is 0 Å². The topological polar surface area (TPSA) is 84.9 Å². The van der Waals surface area contributed by atoms with Gasteiger partial charge in [0.25, 0.3) is 10.0 Å². The van der Waals surface area contributed by atoms with Gasteiger partial charge in [-0.05, 0) is 42.0 Å².